The van der Waals surface area contributed by atoms with Gasteiger partial charge in [0.2, 0.25) is 0 Å². The molecule has 0 spiro atoms. The van der Waals surface area contributed by atoms with Crippen molar-refractivity contribution >= 4 is 5.69 Å². The normalized spacial score (nSPS) is 12.2. The van der Waals surface area contributed by atoms with Crippen LogP contribution < -0.4 is 5.32 Å². The number of hydrogen-bond donors (Lipinski definition) is 1. The average Bonchev–Trinajstić information content (AvgIpc) is 2.31. The molecular weight excluding hydrogens is 218 g/mol. The van der Waals surface area contributed by atoms with E-state index in [0.29, 0.717) is 0 Å². The zero-order valence-electron chi connectivity index (χ0n) is 12.1. The zero-order chi connectivity index (χ0) is 13.4. The van der Waals surface area contributed by atoms with Gasteiger partial charge in [0.1, 0.15) is 0 Å². The van der Waals surface area contributed by atoms with Crippen LogP contribution in [0.15, 0.2) is 36.4 Å². The highest BCUT2D eigenvalue weighted by atomic mass is 14.9. The minimum atomic E-state index is 0.794. The summed E-state index contributed by atoms with van der Waals surface area (Å²) in [5.41, 5.74) is 3.85. The summed E-state index contributed by atoms with van der Waals surface area (Å²) in [5, 5.41) is 3.48. The van der Waals surface area contributed by atoms with Crippen LogP contribution in [0.25, 0.3) is 0 Å². The van der Waals surface area contributed by atoms with Gasteiger partial charge in [-0.2, -0.15) is 0 Å². The molecule has 0 fully saturated rings. The van der Waals surface area contributed by atoms with E-state index >= 15 is 0 Å². The molecule has 0 radical (unpaired) electrons. The van der Waals surface area contributed by atoms with E-state index in [1.165, 1.54) is 42.5 Å². The molecule has 0 amide bonds. The molecule has 0 aliphatic heterocycles. The molecule has 0 aliphatic rings. The Balaban J connectivity index is 2.13. The van der Waals surface area contributed by atoms with E-state index < -0.39 is 0 Å². The number of benzene rings is 1. The molecule has 18 heavy (non-hydrogen) atoms. The Morgan fingerprint density at radius 2 is 1.89 bits per heavy atom. The van der Waals surface area contributed by atoms with E-state index in [2.05, 4.69) is 56.9 Å². The lowest BCUT2D eigenvalue weighted by Crippen LogP contribution is -2.06. The molecule has 0 saturated carbocycles. The highest BCUT2D eigenvalue weighted by molar-refractivity contribution is 5.44. The fourth-order valence-corrected chi connectivity index (χ4v) is 2.03. The summed E-state index contributed by atoms with van der Waals surface area (Å²) in [7, 11) is 0. The maximum absolute atomic E-state index is 3.95. The molecule has 1 aromatic rings. The minimum Gasteiger partial charge on any atom is -0.385 e. The maximum Gasteiger partial charge on any atom is 0.0340 e. The molecular formula is C17H27N. The molecule has 0 bridgehead atoms. The molecule has 1 atom stereocenters. The Morgan fingerprint density at radius 1 is 1.22 bits per heavy atom. The van der Waals surface area contributed by atoms with Crippen LogP contribution >= 0.6 is 0 Å². The monoisotopic (exact) mass is 245 g/mol. The molecule has 100 valence electrons. The molecule has 1 nitrogen and oxygen atoms in total. The first-order valence-electron chi connectivity index (χ1n) is 7.03. The van der Waals surface area contributed by atoms with Gasteiger partial charge in [0, 0.05) is 12.2 Å². The smallest absolute Gasteiger partial charge is 0.0340 e. The molecule has 1 unspecified atom stereocenters. The van der Waals surface area contributed by atoms with Crippen molar-refractivity contribution in [2.24, 2.45) is 5.92 Å². The lowest BCUT2D eigenvalue weighted by Gasteiger charge is -2.12. The lowest BCUT2D eigenvalue weighted by molar-refractivity contribution is 0.486. The average molecular weight is 245 g/mol. The van der Waals surface area contributed by atoms with Gasteiger partial charge in [0.05, 0.1) is 0 Å². The van der Waals surface area contributed by atoms with E-state index in [0.717, 1.165) is 12.5 Å². The topological polar surface area (TPSA) is 12.0 Å². The first-order chi connectivity index (χ1) is 8.58. The van der Waals surface area contributed by atoms with E-state index in [-0.39, 0.29) is 0 Å². The van der Waals surface area contributed by atoms with Crippen LogP contribution in [0.4, 0.5) is 5.69 Å². The summed E-state index contributed by atoms with van der Waals surface area (Å²) in [6.45, 7) is 11.6. The number of aryl methyl sites for hydroxylation is 1. The van der Waals surface area contributed by atoms with E-state index in [9.17, 15) is 0 Å². The Bertz CT molecular complexity index is 350. The molecule has 1 heteroatoms. The van der Waals surface area contributed by atoms with Gasteiger partial charge in [0.15, 0.2) is 0 Å². The van der Waals surface area contributed by atoms with Crippen molar-refractivity contribution in [3.05, 3.63) is 42.0 Å². The van der Waals surface area contributed by atoms with Gasteiger partial charge in [0.25, 0.3) is 0 Å². The Hall–Kier alpha value is -1.24. The van der Waals surface area contributed by atoms with Crippen LogP contribution in [0.5, 0.6) is 0 Å². The molecule has 0 heterocycles. The summed E-state index contributed by atoms with van der Waals surface area (Å²) in [6.07, 6.45) is 5.00. The molecule has 0 aliphatic carbocycles. The molecule has 1 N–H and O–H groups in total. The van der Waals surface area contributed by atoms with Crippen molar-refractivity contribution in [1.82, 2.24) is 0 Å². The van der Waals surface area contributed by atoms with Gasteiger partial charge in [-0.3, -0.25) is 0 Å². The van der Waals surface area contributed by atoms with Crippen molar-refractivity contribution in [2.45, 2.75) is 46.5 Å². The molecule has 0 saturated heterocycles. The number of hydrogen-bond acceptors (Lipinski definition) is 1. The third-order valence-corrected chi connectivity index (χ3v) is 3.32. The predicted octanol–water partition coefficient (Wildman–Crippen LogP) is 5.18. The summed E-state index contributed by atoms with van der Waals surface area (Å²) >= 11 is 0. The van der Waals surface area contributed by atoms with E-state index in [4.69, 9.17) is 0 Å². The Kier molecular flexibility index (Phi) is 6.56. The third kappa shape index (κ3) is 6.48. The van der Waals surface area contributed by atoms with Crippen molar-refractivity contribution in [3.63, 3.8) is 0 Å². The second kappa shape index (κ2) is 7.97. The Labute approximate surface area is 112 Å². The van der Waals surface area contributed by atoms with Gasteiger partial charge in [-0.1, -0.05) is 36.6 Å². The SMILES string of the molecule is C=C(C)CCCC(C)CCNc1ccc(C)cc1. The second-order valence-corrected chi connectivity index (χ2v) is 5.54. The quantitative estimate of drug-likeness (QED) is 0.622. The summed E-state index contributed by atoms with van der Waals surface area (Å²) < 4.78 is 0. The standard InChI is InChI=1S/C17H27N/c1-14(2)6-5-7-15(3)12-13-18-17-10-8-16(4)9-11-17/h8-11,15,18H,1,5-7,12-13H2,2-4H3. The zero-order valence-corrected chi connectivity index (χ0v) is 12.1. The number of allylic oxidation sites excluding steroid dienone is 1. The van der Waals surface area contributed by atoms with Gasteiger partial charge >= 0.3 is 0 Å². The van der Waals surface area contributed by atoms with Crippen LogP contribution in [0.1, 0.15) is 45.1 Å². The third-order valence-electron chi connectivity index (χ3n) is 3.32. The minimum absolute atomic E-state index is 0.794. The largest absolute Gasteiger partial charge is 0.385 e. The van der Waals surface area contributed by atoms with Crippen LogP contribution in [-0.4, -0.2) is 6.54 Å². The van der Waals surface area contributed by atoms with E-state index in [1.807, 2.05) is 0 Å². The fraction of sp³-hybridized carbons (Fsp3) is 0.529. The summed E-state index contributed by atoms with van der Waals surface area (Å²) in [6, 6.07) is 8.61. The Morgan fingerprint density at radius 3 is 2.50 bits per heavy atom. The summed E-state index contributed by atoms with van der Waals surface area (Å²) in [4.78, 5) is 0. The molecule has 0 aromatic heterocycles. The van der Waals surface area contributed by atoms with E-state index in [1.54, 1.807) is 0 Å². The van der Waals surface area contributed by atoms with Gasteiger partial charge in [-0.25, -0.2) is 0 Å². The van der Waals surface area contributed by atoms with Crippen LogP contribution in [0, 0.1) is 12.8 Å². The van der Waals surface area contributed by atoms with Crippen LogP contribution in [-0.2, 0) is 0 Å². The van der Waals surface area contributed by atoms with Gasteiger partial charge in [-0.05, 0) is 51.2 Å². The number of nitrogens with one attached hydrogen (secondary N) is 1. The van der Waals surface area contributed by atoms with Crippen molar-refractivity contribution in [1.29, 1.82) is 0 Å². The first kappa shape index (κ1) is 14.8. The van der Waals surface area contributed by atoms with Crippen molar-refractivity contribution in [2.75, 3.05) is 11.9 Å². The second-order valence-electron chi connectivity index (χ2n) is 5.54. The summed E-state index contributed by atoms with van der Waals surface area (Å²) in [5.74, 6) is 0.794. The highest BCUT2D eigenvalue weighted by Crippen LogP contribution is 2.15. The fourth-order valence-electron chi connectivity index (χ4n) is 2.03. The number of rotatable bonds is 8. The first-order valence-corrected chi connectivity index (χ1v) is 7.03. The van der Waals surface area contributed by atoms with Gasteiger partial charge < -0.3 is 5.32 Å². The van der Waals surface area contributed by atoms with Crippen molar-refractivity contribution < 1.29 is 0 Å². The van der Waals surface area contributed by atoms with Crippen LogP contribution in [0.2, 0.25) is 0 Å². The molecule has 1 rings (SSSR count). The predicted molar refractivity (Wildman–Crippen MR) is 82.1 cm³/mol. The highest BCUT2D eigenvalue weighted by Gasteiger charge is 2.02. The number of anilines is 1. The van der Waals surface area contributed by atoms with Crippen molar-refractivity contribution in [3.8, 4) is 0 Å². The molecule has 1 aromatic carbocycles. The maximum atomic E-state index is 3.95. The lowest BCUT2D eigenvalue weighted by atomic mass is 9.99. The van der Waals surface area contributed by atoms with Crippen LogP contribution in [0.3, 0.4) is 0 Å². The van der Waals surface area contributed by atoms with Gasteiger partial charge in [-0.15, -0.1) is 6.58 Å².